The third-order valence-electron chi connectivity index (χ3n) is 2.55. The second kappa shape index (κ2) is 6.31. The molecule has 1 aliphatic rings. The average molecular weight is 281 g/mol. The zero-order valence-corrected chi connectivity index (χ0v) is 12.0. The van der Waals surface area contributed by atoms with Gasteiger partial charge in [0.1, 0.15) is 6.61 Å². The van der Waals surface area contributed by atoms with E-state index in [9.17, 15) is 4.79 Å². The third-order valence-corrected chi connectivity index (χ3v) is 4.31. The fourth-order valence-corrected chi connectivity index (χ4v) is 3.44. The van der Waals surface area contributed by atoms with Crippen molar-refractivity contribution < 1.29 is 9.53 Å². The molecule has 18 heavy (non-hydrogen) atoms. The van der Waals surface area contributed by atoms with E-state index >= 15 is 0 Å². The van der Waals surface area contributed by atoms with E-state index in [2.05, 4.69) is 6.08 Å². The summed E-state index contributed by atoms with van der Waals surface area (Å²) in [6.07, 6.45) is 4.07. The molecule has 0 fully saturated rings. The van der Waals surface area contributed by atoms with Crippen LogP contribution in [-0.4, -0.2) is 31.6 Å². The van der Waals surface area contributed by atoms with Crippen LogP contribution in [0.25, 0.3) is 0 Å². The van der Waals surface area contributed by atoms with Crippen LogP contribution in [0, 0.1) is 0 Å². The van der Waals surface area contributed by atoms with Gasteiger partial charge in [-0.3, -0.25) is 9.69 Å². The van der Waals surface area contributed by atoms with Crippen LogP contribution >= 0.6 is 23.5 Å². The summed E-state index contributed by atoms with van der Waals surface area (Å²) < 4.78 is 4.97. The molecule has 3 nitrogen and oxygen atoms in total. The Hall–Kier alpha value is -0.910. The van der Waals surface area contributed by atoms with Crippen molar-refractivity contribution in [2.45, 2.75) is 4.90 Å². The van der Waals surface area contributed by atoms with Crippen LogP contribution in [-0.2, 0) is 9.53 Å². The van der Waals surface area contributed by atoms with Gasteiger partial charge in [-0.2, -0.15) is 0 Å². The summed E-state index contributed by atoms with van der Waals surface area (Å²) >= 11 is 3.33. The summed E-state index contributed by atoms with van der Waals surface area (Å²) in [5, 5.41) is 0.967. The Morgan fingerprint density at radius 2 is 2.28 bits per heavy atom. The molecule has 0 radical (unpaired) electrons. The summed E-state index contributed by atoms with van der Waals surface area (Å²) in [6.45, 7) is 0.0941. The number of amides is 1. The number of nitrogens with zero attached hydrogens (tertiary/aromatic N) is 1. The van der Waals surface area contributed by atoms with Gasteiger partial charge in [-0.05, 0) is 24.5 Å². The molecular weight excluding hydrogens is 266 g/mol. The Morgan fingerprint density at radius 1 is 1.50 bits per heavy atom. The maximum atomic E-state index is 12.2. The van der Waals surface area contributed by atoms with E-state index in [0.717, 1.165) is 21.4 Å². The van der Waals surface area contributed by atoms with Crippen molar-refractivity contribution in [1.29, 1.82) is 0 Å². The second-order valence-corrected chi connectivity index (χ2v) is 5.58. The lowest BCUT2D eigenvalue weighted by Gasteiger charge is -2.24. The first kappa shape index (κ1) is 13.5. The molecule has 2 rings (SSSR count). The minimum absolute atomic E-state index is 0.0342. The largest absolute Gasteiger partial charge is 0.375 e. The SMILES string of the molecule is COCC(=O)N1C(SC)=CCSc2ccccc21. The predicted molar refractivity (Wildman–Crippen MR) is 78.1 cm³/mol. The Kier molecular flexibility index (Phi) is 4.74. The van der Waals surface area contributed by atoms with E-state index in [1.165, 1.54) is 0 Å². The molecule has 1 amide bonds. The van der Waals surface area contributed by atoms with Crippen molar-refractivity contribution in [2.24, 2.45) is 0 Å². The fourth-order valence-electron chi connectivity index (χ4n) is 1.80. The number of hydrogen-bond acceptors (Lipinski definition) is 4. The normalized spacial score (nSPS) is 14.8. The number of ether oxygens (including phenoxy) is 1. The van der Waals surface area contributed by atoms with E-state index in [-0.39, 0.29) is 12.5 Å². The Labute approximate surface area is 116 Å². The van der Waals surface area contributed by atoms with Crippen molar-refractivity contribution in [1.82, 2.24) is 0 Å². The average Bonchev–Trinajstić information content (AvgIpc) is 2.57. The van der Waals surface area contributed by atoms with Crippen molar-refractivity contribution in [3.8, 4) is 0 Å². The van der Waals surface area contributed by atoms with Crippen molar-refractivity contribution >= 4 is 35.1 Å². The molecule has 0 N–H and O–H groups in total. The minimum Gasteiger partial charge on any atom is -0.375 e. The van der Waals surface area contributed by atoms with Gasteiger partial charge < -0.3 is 4.74 Å². The first-order valence-electron chi connectivity index (χ1n) is 5.55. The highest BCUT2D eigenvalue weighted by atomic mass is 32.2. The van der Waals surface area contributed by atoms with Crippen LogP contribution in [0.15, 0.2) is 40.3 Å². The summed E-state index contributed by atoms with van der Waals surface area (Å²) in [6, 6.07) is 7.97. The topological polar surface area (TPSA) is 29.5 Å². The molecule has 5 heteroatoms. The van der Waals surface area contributed by atoms with Crippen LogP contribution < -0.4 is 4.90 Å². The van der Waals surface area contributed by atoms with E-state index in [1.807, 2.05) is 30.5 Å². The monoisotopic (exact) mass is 281 g/mol. The predicted octanol–water partition coefficient (Wildman–Crippen LogP) is 2.98. The first-order valence-corrected chi connectivity index (χ1v) is 7.77. The van der Waals surface area contributed by atoms with Gasteiger partial charge >= 0.3 is 0 Å². The number of hydrogen-bond donors (Lipinski definition) is 0. The third kappa shape index (κ3) is 2.74. The van der Waals surface area contributed by atoms with Crippen LogP contribution in [0.5, 0.6) is 0 Å². The van der Waals surface area contributed by atoms with Crippen molar-refractivity contribution in [3.63, 3.8) is 0 Å². The molecular formula is C13H15NO2S2. The molecule has 96 valence electrons. The van der Waals surface area contributed by atoms with Gasteiger partial charge in [0.25, 0.3) is 5.91 Å². The Morgan fingerprint density at radius 3 is 3.00 bits per heavy atom. The summed E-state index contributed by atoms with van der Waals surface area (Å²) in [4.78, 5) is 15.1. The Bertz CT molecular complexity index is 474. The first-order chi connectivity index (χ1) is 8.77. The highest BCUT2D eigenvalue weighted by Crippen LogP contribution is 2.37. The lowest BCUT2D eigenvalue weighted by Crippen LogP contribution is -2.32. The zero-order chi connectivity index (χ0) is 13.0. The van der Waals surface area contributed by atoms with Gasteiger partial charge in [-0.15, -0.1) is 23.5 Å². The molecule has 0 unspecified atom stereocenters. The van der Waals surface area contributed by atoms with E-state index in [0.29, 0.717) is 0 Å². The van der Waals surface area contributed by atoms with Crippen molar-refractivity contribution in [2.75, 3.05) is 30.6 Å². The zero-order valence-electron chi connectivity index (χ0n) is 10.4. The van der Waals surface area contributed by atoms with Gasteiger partial charge in [-0.1, -0.05) is 12.1 Å². The maximum absolute atomic E-state index is 12.2. The molecule has 1 aromatic rings. The van der Waals surface area contributed by atoms with Gasteiger partial charge in [0.15, 0.2) is 0 Å². The standard InChI is InChI=1S/C13H15NO2S2/c1-16-9-12(15)14-10-5-3-4-6-11(10)18-8-7-13(14)17-2/h3-7H,8-9H2,1-2H3. The molecule has 0 atom stereocenters. The van der Waals surface area contributed by atoms with Crippen LogP contribution in [0.4, 0.5) is 5.69 Å². The number of rotatable bonds is 3. The van der Waals surface area contributed by atoms with Gasteiger partial charge in [0, 0.05) is 17.8 Å². The molecule has 0 aromatic heterocycles. The molecule has 0 spiro atoms. The molecule has 1 aliphatic heterocycles. The van der Waals surface area contributed by atoms with Crippen LogP contribution in [0.2, 0.25) is 0 Å². The number of methoxy groups -OCH3 is 1. The molecule has 1 heterocycles. The number of anilines is 1. The summed E-state index contributed by atoms with van der Waals surface area (Å²) in [5.41, 5.74) is 0.947. The molecule has 1 aromatic carbocycles. The number of carbonyl (C=O) groups is 1. The quantitative estimate of drug-likeness (QED) is 0.852. The molecule has 0 bridgehead atoms. The lowest BCUT2D eigenvalue weighted by atomic mass is 10.3. The number of thioether (sulfide) groups is 2. The maximum Gasteiger partial charge on any atom is 0.257 e. The van der Waals surface area contributed by atoms with E-state index < -0.39 is 0 Å². The minimum atomic E-state index is -0.0342. The smallest absolute Gasteiger partial charge is 0.257 e. The summed E-state index contributed by atoms with van der Waals surface area (Å²) in [5.74, 6) is 0.845. The molecule has 0 aliphatic carbocycles. The highest BCUT2D eigenvalue weighted by Gasteiger charge is 2.23. The van der Waals surface area contributed by atoms with Gasteiger partial charge in [0.05, 0.1) is 10.7 Å². The molecule has 0 saturated carbocycles. The van der Waals surface area contributed by atoms with Crippen molar-refractivity contribution in [3.05, 3.63) is 35.4 Å². The number of benzene rings is 1. The van der Waals surface area contributed by atoms with Gasteiger partial charge in [0.2, 0.25) is 0 Å². The molecule has 0 saturated heterocycles. The Balaban J connectivity index is 2.44. The number of para-hydroxylation sites is 1. The van der Waals surface area contributed by atoms with Crippen LogP contribution in [0.3, 0.4) is 0 Å². The lowest BCUT2D eigenvalue weighted by molar-refractivity contribution is -0.121. The highest BCUT2D eigenvalue weighted by molar-refractivity contribution is 8.02. The fraction of sp³-hybridized carbons (Fsp3) is 0.308. The van der Waals surface area contributed by atoms with Gasteiger partial charge in [-0.25, -0.2) is 0 Å². The number of carbonyl (C=O) groups excluding carboxylic acids is 1. The van der Waals surface area contributed by atoms with E-state index in [4.69, 9.17) is 4.74 Å². The second-order valence-electron chi connectivity index (χ2n) is 3.69. The summed E-state index contributed by atoms with van der Waals surface area (Å²) in [7, 11) is 1.54. The number of fused-ring (bicyclic) bond motifs is 1. The van der Waals surface area contributed by atoms with E-state index in [1.54, 1.807) is 35.5 Å². The van der Waals surface area contributed by atoms with Crippen LogP contribution in [0.1, 0.15) is 0 Å².